The summed E-state index contributed by atoms with van der Waals surface area (Å²) in [6, 6.07) is 0.288. The van der Waals surface area contributed by atoms with Gasteiger partial charge in [0.15, 0.2) is 0 Å². The van der Waals surface area contributed by atoms with E-state index >= 15 is 0 Å². The van der Waals surface area contributed by atoms with Crippen LogP contribution >= 0.6 is 0 Å². The van der Waals surface area contributed by atoms with E-state index in [0.29, 0.717) is 103 Å². The molecule has 8 saturated carbocycles. The van der Waals surface area contributed by atoms with E-state index in [2.05, 4.69) is 52.2 Å². The number of carbonyl (C=O) groups excluding carboxylic acids is 3. The normalized spacial score (nSPS) is 53.4. The summed E-state index contributed by atoms with van der Waals surface area (Å²) in [4.78, 5) is 39.8. The summed E-state index contributed by atoms with van der Waals surface area (Å²) in [5, 5.41) is 30.8. The molecule has 2 unspecified atom stereocenters. The van der Waals surface area contributed by atoms with Crippen LogP contribution in [0.2, 0.25) is 0 Å². The number of ether oxygens (including phenoxy) is 1. The molecule has 8 aliphatic carbocycles. The van der Waals surface area contributed by atoms with Crippen LogP contribution < -0.4 is 10.6 Å². The maximum atomic E-state index is 13.3. The van der Waals surface area contributed by atoms with E-state index in [9.17, 15) is 24.6 Å². The Bertz CT molecular complexity index is 1640. The highest BCUT2D eigenvalue weighted by Crippen LogP contribution is 2.70. The van der Waals surface area contributed by atoms with Crippen molar-refractivity contribution in [2.24, 2.45) is 92.7 Å². The van der Waals surface area contributed by atoms with Gasteiger partial charge in [-0.2, -0.15) is 0 Å². The van der Waals surface area contributed by atoms with Gasteiger partial charge in [0.1, 0.15) is 0 Å². The summed E-state index contributed by atoms with van der Waals surface area (Å²) in [5.41, 5.74) is 0.852. The number of hydrogen-bond donors (Lipinski definition) is 4. The molecule has 11 rings (SSSR count). The number of rotatable bonds is 0. The van der Waals surface area contributed by atoms with Gasteiger partial charge in [-0.1, -0.05) is 41.5 Å². The number of fused-ring (bicyclic) bond motifs is 3. The zero-order valence-corrected chi connectivity index (χ0v) is 39.2. The van der Waals surface area contributed by atoms with E-state index in [1.54, 1.807) is 0 Å². The van der Waals surface area contributed by atoms with Crippen molar-refractivity contribution < 1.29 is 29.3 Å². The second-order valence-electron chi connectivity index (χ2n) is 24.8. The lowest BCUT2D eigenvalue weighted by Gasteiger charge is -2.62. The van der Waals surface area contributed by atoms with Crippen LogP contribution in [0.4, 0.5) is 0 Å². The van der Waals surface area contributed by atoms with Crippen LogP contribution in [0.3, 0.4) is 0 Å². The van der Waals surface area contributed by atoms with Crippen LogP contribution in [0.1, 0.15) is 189 Å². The molecule has 61 heavy (non-hydrogen) atoms. The van der Waals surface area contributed by atoms with Crippen LogP contribution in [0.5, 0.6) is 0 Å². The highest BCUT2D eigenvalue weighted by Gasteiger charge is 2.65. The molecule has 344 valence electrons. The zero-order valence-electron chi connectivity index (χ0n) is 39.2. The van der Waals surface area contributed by atoms with E-state index < -0.39 is 0 Å². The smallest absolute Gasteiger partial charge is 0.305 e. The molecule has 3 saturated heterocycles. The van der Waals surface area contributed by atoms with Gasteiger partial charge in [-0.25, -0.2) is 0 Å². The van der Waals surface area contributed by atoms with E-state index in [1.165, 1.54) is 51.4 Å². The molecular formula is C53H86N2O6. The first-order chi connectivity index (χ1) is 29.0. The number of nitrogens with one attached hydrogen (secondary N) is 2. The van der Waals surface area contributed by atoms with Gasteiger partial charge >= 0.3 is 5.97 Å². The molecule has 0 spiro atoms. The Hall–Kier alpha value is -1.67. The molecule has 0 aromatic heterocycles. The first kappa shape index (κ1) is 44.5. The van der Waals surface area contributed by atoms with Crippen molar-refractivity contribution in [3.05, 3.63) is 0 Å². The monoisotopic (exact) mass is 847 g/mol. The highest BCUT2D eigenvalue weighted by atomic mass is 16.5. The lowest BCUT2D eigenvalue weighted by molar-refractivity contribution is -0.167. The fourth-order valence-corrected chi connectivity index (χ4v) is 19.1. The molecule has 13 bridgehead atoms. The Labute approximate surface area is 369 Å². The molecule has 3 heterocycles. The summed E-state index contributed by atoms with van der Waals surface area (Å²) in [6.07, 6.45) is 21.6. The summed E-state index contributed by atoms with van der Waals surface area (Å²) in [7, 11) is 0. The highest BCUT2D eigenvalue weighted by molar-refractivity contribution is 5.79. The second-order valence-corrected chi connectivity index (χ2v) is 24.8. The summed E-state index contributed by atoms with van der Waals surface area (Å²) in [5.74, 6) is 6.05. The average molecular weight is 847 g/mol. The molecule has 2 amide bonds. The van der Waals surface area contributed by atoms with Crippen LogP contribution in [0.15, 0.2) is 0 Å². The predicted octanol–water partition coefficient (Wildman–Crippen LogP) is 9.78. The Kier molecular flexibility index (Phi) is 12.4. The third-order valence-corrected chi connectivity index (χ3v) is 22.3. The zero-order chi connectivity index (χ0) is 43.1. The van der Waals surface area contributed by atoms with Gasteiger partial charge in [-0.05, 0) is 221 Å². The lowest BCUT2D eigenvalue weighted by atomic mass is 9.43. The van der Waals surface area contributed by atoms with Crippen molar-refractivity contribution in [2.75, 3.05) is 6.61 Å². The Morgan fingerprint density at radius 2 is 0.918 bits per heavy atom. The first-order valence-electron chi connectivity index (χ1n) is 26.2. The van der Waals surface area contributed by atoms with Crippen molar-refractivity contribution in [3.63, 3.8) is 0 Å². The van der Waals surface area contributed by atoms with Crippen molar-refractivity contribution in [2.45, 2.75) is 214 Å². The van der Waals surface area contributed by atoms with E-state index in [1.807, 2.05) is 0 Å². The van der Waals surface area contributed by atoms with Gasteiger partial charge in [-0.3, -0.25) is 14.4 Å². The van der Waals surface area contributed by atoms with Crippen LogP contribution in [0.25, 0.3) is 0 Å². The second kappa shape index (κ2) is 17.0. The predicted molar refractivity (Wildman–Crippen MR) is 239 cm³/mol. The molecule has 0 radical (unpaired) electrons. The van der Waals surface area contributed by atoms with Gasteiger partial charge in [0.2, 0.25) is 11.8 Å². The number of carbonyl (C=O) groups is 3. The molecule has 4 N–H and O–H groups in total. The van der Waals surface area contributed by atoms with Gasteiger partial charge in [0, 0.05) is 31.3 Å². The fourth-order valence-electron chi connectivity index (χ4n) is 19.1. The minimum atomic E-state index is -0.290. The average Bonchev–Trinajstić information content (AvgIpc) is 3.76. The molecular weight excluding hydrogens is 761 g/mol. The Balaban J connectivity index is 0.882. The van der Waals surface area contributed by atoms with E-state index in [0.717, 1.165) is 70.6 Å². The van der Waals surface area contributed by atoms with Crippen molar-refractivity contribution in [1.29, 1.82) is 0 Å². The van der Waals surface area contributed by atoms with E-state index in [4.69, 9.17) is 4.74 Å². The number of aliphatic hydroxyl groups excluding tert-OH is 2. The maximum absolute atomic E-state index is 13.3. The topological polar surface area (TPSA) is 125 Å². The van der Waals surface area contributed by atoms with Gasteiger partial charge in [0.25, 0.3) is 0 Å². The molecule has 8 nitrogen and oxygen atoms in total. The number of amides is 2. The Morgan fingerprint density at radius 3 is 1.41 bits per heavy atom. The quantitative estimate of drug-likeness (QED) is 0.180. The molecule has 0 aromatic rings. The molecule has 11 aliphatic rings. The van der Waals surface area contributed by atoms with E-state index in [-0.39, 0.29) is 63.7 Å². The van der Waals surface area contributed by atoms with Crippen LogP contribution in [-0.2, 0) is 19.1 Å². The van der Waals surface area contributed by atoms with Gasteiger partial charge in [-0.15, -0.1) is 0 Å². The fraction of sp³-hybridized carbons (Fsp3) is 0.943. The Morgan fingerprint density at radius 1 is 0.492 bits per heavy atom. The largest absolute Gasteiger partial charge is 0.466 e. The number of esters is 1. The maximum Gasteiger partial charge on any atom is 0.305 e. The molecule has 3 aliphatic heterocycles. The summed E-state index contributed by atoms with van der Waals surface area (Å²) in [6.45, 7) is 15.5. The molecule has 20 atom stereocenters. The third kappa shape index (κ3) is 7.77. The minimum absolute atomic E-state index is 0.0331. The minimum Gasteiger partial charge on any atom is -0.466 e. The number of hydrogen-bond acceptors (Lipinski definition) is 6. The van der Waals surface area contributed by atoms with Crippen LogP contribution in [-0.4, -0.2) is 58.9 Å². The summed E-state index contributed by atoms with van der Waals surface area (Å²) < 4.78 is 5.94. The van der Waals surface area contributed by atoms with Crippen molar-refractivity contribution in [3.8, 4) is 0 Å². The van der Waals surface area contributed by atoms with Crippen LogP contribution in [0, 0.1) is 92.7 Å². The molecule has 11 fully saturated rings. The number of aliphatic hydroxyl groups is 2. The molecule has 8 heteroatoms. The van der Waals surface area contributed by atoms with Crippen molar-refractivity contribution >= 4 is 17.8 Å². The van der Waals surface area contributed by atoms with Gasteiger partial charge < -0.3 is 25.6 Å². The first-order valence-corrected chi connectivity index (χ1v) is 26.2. The molecule has 0 aromatic carbocycles. The summed E-state index contributed by atoms with van der Waals surface area (Å²) >= 11 is 0. The standard InChI is InChI=1S/C53H86N2O6/c1-31-9-8-26-61-47(60)17-12-32(2)38-14-16-40-49-42(21-25-53(38,40)6)51(4)23-19-36(28-34(51)30-44(49)57)55-46(59)11-7-10-45(58)54-35-18-22-50(3)33(27-35)29-43(56)48-39-15-13-37(31)52(39,5)24-20-41(48)50/h31-44,48-49,56-57H,7-30H2,1-6H3,(H,54,58)(H,55,59)/t31-,32-,33?,34?,35-,36-,37-,38-,39+,40+,41+,42+,43+,44+,48+,49+,50+,51+,52-,53-/m1/s1. The van der Waals surface area contributed by atoms with Gasteiger partial charge in [0.05, 0.1) is 18.8 Å². The van der Waals surface area contributed by atoms with Crippen molar-refractivity contribution in [1.82, 2.24) is 10.6 Å². The SMILES string of the molecule is C[C@@H]1CCCOC(=O)CC[C@@H](C)[C@H]2CC[C@H]3[C@@H]4[C@@H](O)CC5C[C@@H](CC[C@]5(C)[C@H]4CC[C@]23C)NC(=O)CCCC(=O)N[C@@H]2CC[C@@]3(C)C(C2)C[C@H](O)[C@H]2[C@@H]4CC[C@H]1[C@@]4(C)CC[C@@H]23. The lowest BCUT2D eigenvalue weighted by Crippen LogP contribution is -2.59. The third-order valence-electron chi connectivity index (χ3n) is 22.3.